The van der Waals surface area contributed by atoms with E-state index in [4.69, 9.17) is 0 Å². The number of aromatic amines is 1. The standard InChI is InChI=1S/C9H13N.C8H12N2.C7H12N2/c1-9(2,3)8-4-6-10-7-5-8;1-8(2,3)7-6-9-4-5-10-7;1-7(2,3)6-4-8-9-5-6/h4-7H,1-3H3;4-6H,1-3H3;4-5H,1-3H3,(H,8,9). The fourth-order valence-electron chi connectivity index (χ4n) is 2.20. The second kappa shape index (κ2) is 10.3. The Morgan fingerprint density at radius 2 is 1.21 bits per heavy atom. The molecular weight excluding hydrogens is 358 g/mol. The minimum atomic E-state index is 0.119. The maximum Gasteiger partial charge on any atom is 0.0640 e. The summed E-state index contributed by atoms with van der Waals surface area (Å²) < 4.78 is 0. The molecule has 0 fully saturated rings. The van der Waals surface area contributed by atoms with E-state index in [-0.39, 0.29) is 16.2 Å². The van der Waals surface area contributed by atoms with Gasteiger partial charge in [-0.05, 0) is 34.1 Å². The average molecular weight is 396 g/mol. The van der Waals surface area contributed by atoms with Gasteiger partial charge in [0.05, 0.1) is 11.9 Å². The lowest BCUT2D eigenvalue weighted by atomic mass is 9.88. The van der Waals surface area contributed by atoms with E-state index in [9.17, 15) is 0 Å². The molecule has 0 aliphatic rings. The second-order valence-corrected chi connectivity index (χ2v) is 10.1. The lowest BCUT2D eigenvalue weighted by molar-refractivity contribution is 0.565. The quantitative estimate of drug-likeness (QED) is 0.517. The molecule has 0 saturated heterocycles. The van der Waals surface area contributed by atoms with Crippen molar-refractivity contribution in [3.8, 4) is 0 Å². The van der Waals surface area contributed by atoms with Crippen molar-refractivity contribution in [1.29, 1.82) is 0 Å². The van der Waals surface area contributed by atoms with Crippen LogP contribution in [0.5, 0.6) is 0 Å². The third-order valence-electron chi connectivity index (χ3n) is 4.24. The summed E-state index contributed by atoms with van der Waals surface area (Å²) in [6.45, 7) is 19.5. The van der Waals surface area contributed by atoms with Gasteiger partial charge in [-0.2, -0.15) is 5.10 Å². The van der Waals surface area contributed by atoms with Crippen molar-refractivity contribution in [3.63, 3.8) is 0 Å². The molecule has 3 heterocycles. The fraction of sp³-hybridized carbons (Fsp3) is 0.500. The molecule has 0 aromatic carbocycles. The van der Waals surface area contributed by atoms with Gasteiger partial charge in [0.2, 0.25) is 0 Å². The molecular formula is C24H37N5. The van der Waals surface area contributed by atoms with Crippen molar-refractivity contribution in [2.75, 3.05) is 0 Å². The van der Waals surface area contributed by atoms with Crippen LogP contribution < -0.4 is 0 Å². The van der Waals surface area contributed by atoms with Gasteiger partial charge in [0, 0.05) is 42.6 Å². The van der Waals surface area contributed by atoms with E-state index in [0.29, 0.717) is 0 Å². The summed E-state index contributed by atoms with van der Waals surface area (Å²) in [5.74, 6) is 0. The Bertz CT molecular complexity index is 741. The maximum absolute atomic E-state index is 4.19. The molecule has 0 saturated carbocycles. The average Bonchev–Trinajstić information content (AvgIpc) is 3.18. The van der Waals surface area contributed by atoms with E-state index in [1.54, 1.807) is 18.6 Å². The minimum Gasteiger partial charge on any atom is -0.285 e. The Kier molecular flexibility index (Phi) is 8.68. The van der Waals surface area contributed by atoms with Crippen molar-refractivity contribution in [2.45, 2.75) is 78.6 Å². The van der Waals surface area contributed by atoms with E-state index in [2.05, 4.69) is 99.6 Å². The summed E-state index contributed by atoms with van der Waals surface area (Å²) in [6, 6.07) is 4.11. The van der Waals surface area contributed by atoms with Crippen LogP contribution in [0, 0.1) is 0 Å². The van der Waals surface area contributed by atoms with Crippen molar-refractivity contribution >= 4 is 0 Å². The van der Waals surface area contributed by atoms with Crippen LogP contribution in [0.15, 0.2) is 55.5 Å². The molecule has 3 aromatic rings. The highest BCUT2D eigenvalue weighted by molar-refractivity contribution is 5.18. The molecule has 0 atom stereocenters. The normalized spacial score (nSPS) is 11.6. The van der Waals surface area contributed by atoms with Crippen LogP contribution in [0.2, 0.25) is 0 Å². The first-order valence-electron chi connectivity index (χ1n) is 9.98. The summed E-state index contributed by atoms with van der Waals surface area (Å²) in [4.78, 5) is 12.1. The summed E-state index contributed by atoms with van der Waals surface area (Å²) in [5, 5.41) is 6.65. The highest BCUT2D eigenvalue weighted by atomic mass is 15.1. The molecule has 0 aliphatic carbocycles. The van der Waals surface area contributed by atoms with Crippen LogP contribution in [-0.2, 0) is 16.2 Å². The van der Waals surface area contributed by atoms with Crippen LogP contribution in [0.25, 0.3) is 0 Å². The SMILES string of the molecule is CC(C)(C)c1ccncc1.CC(C)(C)c1cn[nH]c1.CC(C)(C)c1cnccn1. The van der Waals surface area contributed by atoms with Crippen molar-refractivity contribution in [2.24, 2.45) is 0 Å². The lowest BCUT2D eigenvalue weighted by Crippen LogP contribution is -2.13. The Morgan fingerprint density at radius 3 is 1.48 bits per heavy atom. The molecule has 0 radical (unpaired) electrons. The summed E-state index contributed by atoms with van der Waals surface area (Å²) in [6.07, 6.45) is 12.7. The summed E-state index contributed by atoms with van der Waals surface area (Å²) in [5.41, 5.74) is 4.23. The predicted octanol–water partition coefficient (Wildman–Crippen LogP) is 5.86. The highest BCUT2D eigenvalue weighted by Crippen LogP contribution is 2.20. The van der Waals surface area contributed by atoms with E-state index in [0.717, 1.165) is 5.69 Å². The Balaban J connectivity index is 0.000000218. The molecule has 29 heavy (non-hydrogen) atoms. The van der Waals surface area contributed by atoms with Gasteiger partial charge < -0.3 is 0 Å². The van der Waals surface area contributed by atoms with Gasteiger partial charge in [-0.1, -0.05) is 62.3 Å². The molecule has 0 spiro atoms. The van der Waals surface area contributed by atoms with Gasteiger partial charge >= 0.3 is 0 Å². The number of nitrogens with zero attached hydrogens (tertiary/aromatic N) is 4. The van der Waals surface area contributed by atoms with Gasteiger partial charge in [-0.15, -0.1) is 0 Å². The third-order valence-corrected chi connectivity index (χ3v) is 4.24. The first-order chi connectivity index (χ1) is 13.3. The topological polar surface area (TPSA) is 67.3 Å². The number of hydrogen-bond donors (Lipinski definition) is 1. The lowest BCUT2D eigenvalue weighted by Gasteiger charge is -2.17. The van der Waals surface area contributed by atoms with E-state index in [1.165, 1.54) is 11.1 Å². The molecule has 3 rings (SSSR count). The number of H-pyrrole nitrogens is 1. The van der Waals surface area contributed by atoms with Crippen LogP contribution in [-0.4, -0.2) is 25.1 Å². The predicted molar refractivity (Wildman–Crippen MR) is 121 cm³/mol. The van der Waals surface area contributed by atoms with E-state index < -0.39 is 0 Å². The third kappa shape index (κ3) is 9.46. The largest absolute Gasteiger partial charge is 0.285 e. The molecule has 0 bridgehead atoms. The van der Waals surface area contributed by atoms with Gasteiger partial charge in [0.25, 0.3) is 0 Å². The van der Waals surface area contributed by atoms with Crippen LogP contribution in [0.4, 0.5) is 0 Å². The van der Waals surface area contributed by atoms with E-state index >= 15 is 0 Å². The van der Waals surface area contributed by atoms with E-state index in [1.807, 2.05) is 24.8 Å². The van der Waals surface area contributed by atoms with Gasteiger partial charge in [0.1, 0.15) is 0 Å². The number of aromatic nitrogens is 5. The van der Waals surface area contributed by atoms with Crippen LogP contribution in [0.3, 0.4) is 0 Å². The van der Waals surface area contributed by atoms with Crippen molar-refractivity contribution in [1.82, 2.24) is 25.1 Å². The monoisotopic (exact) mass is 395 g/mol. The van der Waals surface area contributed by atoms with Gasteiger partial charge in [0.15, 0.2) is 0 Å². The molecule has 158 valence electrons. The summed E-state index contributed by atoms with van der Waals surface area (Å²) >= 11 is 0. The molecule has 0 amide bonds. The van der Waals surface area contributed by atoms with Crippen molar-refractivity contribution < 1.29 is 0 Å². The zero-order valence-corrected chi connectivity index (χ0v) is 19.5. The first-order valence-corrected chi connectivity index (χ1v) is 9.98. The Hall–Kier alpha value is -2.56. The molecule has 5 heteroatoms. The van der Waals surface area contributed by atoms with Gasteiger partial charge in [-0.25, -0.2) is 0 Å². The highest BCUT2D eigenvalue weighted by Gasteiger charge is 2.14. The molecule has 1 N–H and O–H groups in total. The molecule has 0 unspecified atom stereocenters. The molecule has 0 aliphatic heterocycles. The summed E-state index contributed by atoms with van der Waals surface area (Å²) in [7, 11) is 0. The smallest absolute Gasteiger partial charge is 0.0640 e. The Morgan fingerprint density at radius 1 is 0.621 bits per heavy atom. The number of rotatable bonds is 0. The minimum absolute atomic E-state index is 0.119. The first kappa shape index (κ1) is 24.5. The molecule has 5 nitrogen and oxygen atoms in total. The fourth-order valence-corrected chi connectivity index (χ4v) is 2.20. The van der Waals surface area contributed by atoms with Crippen molar-refractivity contribution in [3.05, 3.63) is 72.3 Å². The van der Waals surface area contributed by atoms with Crippen LogP contribution >= 0.6 is 0 Å². The zero-order valence-electron chi connectivity index (χ0n) is 19.5. The zero-order chi connectivity index (χ0) is 22.1. The maximum atomic E-state index is 4.19. The number of pyridine rings is 1. The Labute approximate surface area is 176 Å². The van der Waals surface area contributed by atoms with Gasteiger partial charge in [-0.3, -0.25) is 20.1 Å². The second-order valence-electron chi connectivity index (χ2n) is 10.1. The number of hydrogen-bond acceptors (Lipinski definition) is 4. The van der Waals surface area contributed by atoms with Crippen LogP contribution in [0.1, 0.15) is 79.1 Å². The number of nitrogens with one attached hydrogen (secondary N) is 1. The molecule has 3 aromatic heterocycles.